The van der Waals surface area contributed by atoms with Crippen molar-refractivity contribution in [3.8, 4) is 0 Å². The third kappa shape index (κ3) is 4.26. The summed E-state index contributed by atoms with van der Waals surface area (Å²) < 4.78 is 0. The number of nitrogens with two attached hydrogens (primary N) is 1. The second-order valence-electron chi connectivity index (χ2n) is 3.25. The van der Waals surface area contributed by atoms with Crippen LogP contribution in [-0.2, 0) is 9.59 Å². The van der Waals surface area contributed by atoms with Crippen molar-refractivity contribution in [3.63, 3.8) is 0 Å². The number of amides is 2. The second kappa shape index (κ2) is 5.21. The number of hydrogen-bond donors (Lipinski definition) is 2. The fourth-order valence-corrected chi connectivity index (χ4v) is 0.967. The topological polar surface area (TPSA) is 72.2 Å². The van der Waals surface area contributed by atoms with Crippen LogP contribution in [0, 0.1) is 5.92 Å². The molecule has 0 spiro atoms. The van der Waals surface area contributed by atoms with Crippen LogP contribution in [0.15, 0.2) is 0 Å². The maximum atomic E-state index is 11.2. The number of halogens is 1. The summed E-state index contributed by atoms with van der Waals surface area (Å²) in [6.45, 7) is 5.34. The van der Waals surface area contributed by atoms with Crippen LogP contribution in [-0.4, -0.2) is 22.7 Å². The van der Waals surface area contributed by atoms with E-state index < -0.39 is 11.9 Å². The zero-order valence-electron chi connectivity index (χ0n) is 8.00. The number of primary amides is 1. The molecule has 0 bridgehead atoms. The first-order valence-corrected chi connectivity index (χ1v) is 5.01. The highest BCUT2D eigenvalue weighted by molar-refractivity contribution is 9.10. The Kier molecular flexibility index (Phi) is 4.98. The number of carbonyl (C=O) groups is 2. The van der Waals surface area contributed by atoms with Gasteiger partial charge in [0.05, 0.1) is 4.83 Å². The summed E-state index contributed by atoms with van der Waals surface area (Å²) >= 11 is 3.10. The summed E-state index contributed by atoms with van der Waals surface area (Å²) in [7, 11) is 0. The zero-order valence-corrected chi connectivity index (χ0v) is 9.59. The van der Waals surface area contributed by atoms with Crippen molar-refractivity contribution in [1.82, 2.24) is 5.32 Å². The zero-order chi connectivity index (χ0) is 10.6. The van der Waals surface area contributed by atoms with Gasteiger partial charge in [-0.2, -0.15) is 0 Å². The summed E-state index contributed by atoms with van der Waals surface area (Å²) in [6, 6.07) is -0.590. The molecule has 0 saturated heterocycles. The molecule has 0 heterocycles. The third-order valence-electron chi connectivity index (χ3n) is 1.63. The van der Waals surface area contributed by atoms with Gasteiger partial charge in [0.2, 0.25) is 11.8 Å². The van der Waals surface area contributed by atoms with Gasteiger partial charge in [-0.05, 0) is 12.8 Å². The number of alkyl halides is 1. The van der Waals surface area contributed by atoms with E-state index in [1.165, 1.54) is 0 Å². The quantitative estimate of drug-likeness (QED) is 0.709. The predicted octanol–water partition coefficient (Wildman–Crippen LogP) is 0.396. The summed E-state index contributed by atoms with van der Waals surface area (Å²) in [6.07, 6.45) is 0. The van der Waals surface area contributed by atoms with Crippen molar-refractivity contribution in [2.24, 2.45) is 11.7 Å². The normalized spacial score (nSPS) is 15.2. The van der Waals surface area contributed by atoms with Crippen molar-refractivity contribution in [1.29, 1.82) is 0 Å². The van der Waals surface area contributed by atoms with Gasteiger partial charge in [-0.3, -0.25) is 9.59 Å². The minimum Gasteiger partial charge on any atom is -0.368 e. The molecule has 0 saturated carbocycles. The van der Waals surface area contributed by atoms with Crippen LogP contribution in [0.2, 0.25) is 0 Å². The SMILES string of the molecule is CC(Br)C(=O)NC(C(N)=O)C(C)C. The first kappa shape index (κ1) is 12.4. The van der Waals surface area contributed by atoms with Gasteiger partial charge in [0.25, 0.3) is 0 Å². The monoisotopic (exact) mass is 250 g/mol. The Morgan fingerprint density at radius 1 is 1.31 bits per heavy atom. The molecule has 4 nitrogen and oxygen atoms in total. The minimum atomic E-state index is -0.590. The molecule has 2 unspecified atom stereocenters. The average Bonchev–Trinajstić information content (AvgIpc) is 1.97. The minimum absolute atomic E-state index is 0.00713. The number of carbonyl (C=O) groups excluding carboxylic acids is 2. The Morgan fingerprint density at radius 2 is 1.77 bits per heavy atom. The lowest BCUT2D eigenvalue weighted by molar-refractivity contribution is -0.127. The van der Waals surface area contributed by atoms with Crippen molar-refractivity contribution >= 4 is 27.7 Å². The lowest BCUT2D eigenvalue weighted by Crippen LogP contribution is -2.49. The molecular weight excluding hydrogens is 236 g/mol. The van der Waals surface area contributed by atoms with E-state index in [0.717, 1.165) is 0 Å². The maximum absolute atomic E-state index is 11.2. The molecule has 0 aromatic rings. The Hall–Kier alpha value is -0.580. The van der Waals surface area contributed by atoms with Crippen LogP contribution in [0.4, 0.5) is 0 Å². The van der Waals surface area contributed by atoms with E-state index in [2.05, 4.69) is 21.2 Å². The highest BCUT2D eigenvalue weighted by atomic mass is 79.9. The standard InChI is InChI=1S/C8H15BrN2O2/c1-4(2)6(7(10)12)11-8(13)5(3)9/h4-6H,1-3H3,(H2,10,12)(H,11,13). The highest BCUT2D eigenvalue weighted by Crippen LogP contribution is 2.03. The van der Waals surface area contributed by atoms with Crippen LogP contribution in [0.25, 0.3) is 0 Å². The van der Waals surface area contributed by atoms with E-state index in [4.69, 9.17) is 5.73 Å². The fraction of sp³-hybridized carbons (Fsp3) is 0.750. The van der Waals surface area contributed by atoms with Crippen molar-refractivity contribution in [2.75, 3.05) is 0 Å². The van der Waals surface area contributed by atoms with Gasteiger partial charge < -0.3 is 11.1 Å². The van der Waals surface area contributed by atoms with Gasteiger partial charge in [0, 0.05) is 0 Å². The molecule has 0 aromatic carbocycles. The van der Waals surface area contributed by atoms with Gasteiger partial charge in [-0.1, -0.05) is 29.8 Å². The summed E-state index contributed by atoms with van der Waals surface area (Å²) in [5.41, 5.74) is 5.12. The van der Waals surface area contributed by atoms with E-state index in [1.807, 2.05) is 13.8 Å². The fourth-order valence-electron chi connectivity index (χ4n) is 0.834. The van der Waals surface area contributed by atoms with Gasteiger partial charge >= 0.3 is 0 Å². The van der Waals surface area contributed by atoms with Crippen LogP contribution in [0.3, 0.4) is 0 Å². The van der Waals surface area contributed by atoms with E-state index in [1.54, 1.807) is 6.92 Å². The molecule has 13 heavy (non-hydrogen) atoms. The van der Waals surface area contributed by atoms with E-state index in [-0.39, 0.29) is 16.7 Å². The lowest BCUT2D eigenvalue weighted by Gasteiger charge is -2.19. The molecule has 2 atom stereocenters. The summed E-state index contributed by atoms with van der Waals surface area (Å²) in [5, 5.41) is 2.55. The van der Waals surface area contributed by atoms with Gasteiger partial charge in [-0.15, -0.1) is 0 Å². The van der Waals surface area contributed by atoms with E-state index >= 15 is 0 Å². The van der Waals surface area contributed by atoms with Crippen LogP contribution < -0.4 is 11.1 Å². The average molecular weight is 251 g/mol. The van der Waals surface area contributed by atoms with Gasteiger partial charge in [0.1, 0.15) is 6.04 Å². The maximum Gasteiger partial charge on any atom is 0.240 e. The summed E-state index contributed by atoms with van der Waals surface area (Å²) in [5.74, 6) is -0.721. The Morgan fingerprint density at radius 3 is 2.00 bits per heavy atom. The molecule has 0 aliphatic rings. The number of hydrogen-bond acceptors (Lipinski definition) is 2. The molecule has 0 aliphatic heterocycles. The van der Waals surface area contributed by atoms with E-state index in [0.29, 0.717) is 0 Å². The third-order valence-corrected chi connectivity index (χ3v) is 2.05. The van der Waals surface area contributed by atoms with Crippen LogP contribution in [0.5, 0.6) is 0 Å². The first-order valence-electron chi connectivity index (χ1n) is 4.10. The van der Waals surface area contributed by atoms with Crippen LogP contribution in [0.1, 0.15) is 20.8 Å². The number of nitrogens with one attached hydrogen (secondary N) is 1. The van der Waals surface area contributed by atoms with Crippen molar-refractivity contribution in [2.45, 2.75) is 31.6 Å². The molecule has 2 amide bonds. The molecule has 76 valence electrons. The second-order valence-corrected chi connectivity index (χ2v) is 4.62. The molecule has 0 aromatic heterocycles. The predicted molar refractivity (Wildman–Crippen MR) is 54.4 cm³/mol. The lowest BCUT2D eigenvalue weighted by atomic mass is 10.0. The Balaban J connectivity index is 4.27. The van der Waals surface area contributed by atoms with Gasteiger partial charge in [-0.25, -0.2) is 0 Å². The molecule has 0 fully saturated rings. The molecule has 0 aliphatic carbocycles. The molecular formula is C8H15BrN2O2. The largest absolute Gasteiger partial charge is 0.368 e. The first-order chi connectivity index (χ1) is 5.86. The van der Waals surface area contributed by atoms with E-state index in [9.17, 15) is 9.59 Å². The van der Waals surface area contributed by atoms with Crippen molar-refractivity contribution in [3.05, 3.63) is 0 Å². The molecule has 0 rings (SSSR count). The molecule has 5 heteroatoms. The number of rotatable bonds is 4. The molecule has 3 N–H and O–H groups in total. The Bertz CT molecular complexity index is 204. The van der Waals surface area contributed by atoms with Gasteiger partial charge in [0.15, 0.2) is 0 Å². The smallest absolute Gasteiger partial charge is 0.240 e. The highest BCUT2D eigenvalue weighted by Gasteiger charge is 2.22. The molecule has 0 radical (unpaired) electrons. The summed E-state index contributed by atoms with van der Waals surface area (Å²) in [4.78, 5) is 21.8. The van der Waals surface area contributed by atoms with Crippen molar-refractivity contribution < 1.29 is 9.59 Å². The Labute approximate surface area is 86.4 Å². The van der Waals surface area contributed by atoms with Crippen LogP contribution >= 0.6 is 15.9 Å².